The van der Waals surface area contributed by atoms with Gasteiger partial charge in [0, 0.05) is 32.4 Å². The number of hydrogen-bond donors (Lipinski definition) is 0. The first kappa shape index (κ1) is 16.2. The molecule has 0 radical (unpaired) electrons. The van der Waals surface area contributed by atoms with Crippen molar-refractivity contribution < 1.29 is 9.53 Å². The van der Waals surface area contributed by atoms with Crippen LogP contribution in [0.2, 0.25) is 0 Å². The van der Waals surface area contributed by atoms with Crippen molar-refractivity contribution in [1.29, 1.82) is 0 Å². The monoisotopic (exact) mass is 338 g/mol. The highest BCUT2D eigenvalue weighted by Crippen LogP contribution is 2.25. The summed E-state index contributed by atoms with van der Waals surface area (Å²) in [6.45, 7) is 5.64. The van der Waals surface area contributed by atoms with Crippen molar-refractivity contribution in [3.8, 4) is 0 Å². The molecule has 2 saturated heterocycles. The van der Waals surface area contributed by atoms with E-state index >= 15 is 0 Å². The van der Waals surface area contributed by atoms with E-state index in [1.807, 2.05) is 17.9 Å². The number of aryl methyl sites for hydroxylation is 1. The molecule has 2 atom stereocenters. The van der Waals surface area contributed by atoms with Gasteiger partial charge >= 0.3 is 0 Å². The molecular weight excluding hydrogens is 316 g/mol. The Kier molecular flexibility index (Phi) is 4.46. The molecule has 6 nitrogen and oxygen atoms in total. The fourth-order valence-corrected chi connectivity index (χ4v) is 3.60. The number of ether oxygens (including phenoxy) is 1. The van der Waals surface area contributed by atoms with E-state index in [4.69, 9.17) is 4.74 Å². The van der Waals surface area contributed by atoms with Gasteiger partial charge in [0.2, 0.25) is 0 Å². The van der Waals surface area contributed by atoms with E-state index in [0.717, 1.165) is 18.8 Å². The van der Waals surface area contributed by atoms with Crippen molar-refractivity contribution in [2.75, 3.05) is 26.2 Å². The number of amides is 1. The maximum Gasteiger partial charge on any atom is 0.274 e. The number of carbonyl (C=O) groups is 1. The lowest BCUT2D eigenvalue weighted by atomic mass is 10.1. The quantitative estimate of drug-likeness (QED) is 0.849. The van der Waals surface area contributed by atoms with Gasteiger partial charge in [-0.2, -0.15) is 0 Å². The van der Waals surface area contributed by atoms with Gasteiger partial charge in [0.15, 0.2) is 0 Å². The highest BCUT2D eigenvalue weighted by Gasteiger charge is 2.42. The molecule has 1 aromatic heterocycles. The van der Waals surface area contributed by atoms with Crippen LogP contribution in [-0.2, 0) is 11.3 Å². The summed E-state index contributed by atoms with van der Waals surface area (Å²) in [7, 11) is 0. The van der Waals surface area contributed by atoms with Gasteiger partial charge in [-0.25, -0.2) is 4.98 Å². The molecule has 25 heavy (non-hydrogen) atoms. The number of aromatic nitrogens is 2. The maximum atomic E-state index is 12.7. The number of likely N-dealkylation sites (tertiary alicyclic amines) is 1. The summed E-state index contributed by atoms with van der Waals surface area (Å²) in [5.74, 6) is -0.0647. The van der Waals surface area contributed by atoms with Gasteiger partial charge in [-0.3, -0.25) is 14.7 Å². The van der Waals surface area contributed by atoms with E-state index in [9.17, 15) is 4.79 Å². The lowest BCUT2D eigenvalue weighted by molar-refractivity contribution is -0.0503. The number of rotatable bonds is 3. The van der Waals surface area contributed by atoms with Crippen LogP contribution in [0.5, 0.6) is 0 Å². The summed E-state index contributed by atoms with van der Waals surface area (Å²) < 4.78 is 5.93. The highest BCUT2D eigenvalue weighted by molar-refractivity contribution is 5.92. The SMILES string of the molecule is Cc1cnc(C(=O)N2C[C@@H]3OCCN(Cc4ccccc4)[C@H]3C2)cn1. The van der Waals surface area contributed by atoms with Crippen LogP contribution in [0.4, 0.5) is 0 Å². The Balaban J connectivity index is 1.47. The third-order valence-electron chi connectivity index (χ3n) is 4.93. The largest absolute Gasteiger partial charge is 0.373 e. The fourth-order valence-electron chi connectivity index (χ4n) is 3.60. The fraction of sp³-hybridized carbons (Fsp3) is 0.421. The average Bonchev–Trinajstić information content (AvgIpc) is 3.08. The minimum atomic E-state index is -0.0647. The summed E-state index contributed by atoms with van der Waals surface area (Å²) in [4.78, 5) is 25.4. The summed E-state index contributed by atoms with van der Waals surface area (Å²) >= 11 is 0. The Bertz CT molecular complexity index is 735. The molecule has 1 amide bonds. The molecule has 130 valence electrons. The molecule has 2 aromatic rings. The van der Waals surface area contributed by atoms with E-state index in [2.05, 4.69) is 39.1 Å². The Hall–Kier alpha value is -2.31. The number of hydrogen-bond acceptors (Lipinski definition) is 5. The van der Waals surface area contributed by atoms with Gasteiger partial charge in [-0.15, -0.1) is 0 Å². The maximum absolute atomic E-state index is 12.7. The van der Waals surface area contributed by atoms with Crippen molar-refractivity contribution >= 4 is 5.91 Å². The van der Waals surface area contributed by atoms with Crippen molar-refractivity contribution in [2.24, 2.45) is 0 Å². The molecule has 2 aliphatic rings. The molecule has 0 unspecified atom stereocenters. The number of carbonyl (C=O) groups excluding carboxylic acids is 1. The van der Waals surface area contributed by atoms with E-state index in [-0.39, 0.29) is 18.1 Å². The third kappa shape index (κ3) is 3.41. The first-order valence-electron chi connectivity index (χ1n) is 8.68. The molecule has 0 bridgehead atoms. The average molecular weight is 338 g/mol. The summed E-state index contributed by atoms with van der Waals surface area (Å²) in [5.41, 5.74) is 2.50. The van der Waals surface area contributed by atoms with Gasteiger partial charge in [0.05, 0.1) is 30.6 Å². The zero-order chi connectivity index (χ0) is 17.2. The minimum absolute atomic E-state index is 0.0647. The van der Waals surface area contributed by atoms with Crippen LogP contribution in [0.1, 0.15) is 21.7 Å². The van der Waals surface area contributed by atoms with E-state index in [0.29, 0.717) is 25.4 Å². The first-order valence-corrected chi connectivity index (χ1v) is 8.68. The second-order valence-corrected chi connectivity index (χ2v) is 6.69. The molecule has 0 saturated carbocycles. The van der Waals surface area contributed by atoms with Crippen molar-refractivity contribution in [2.45, 2.75) is 25.6 Å². The van der Waals surface area contributed by atoms with Crippen LogP contribution in [0.25, 0.3) is 0 Å². The summed E-state index contributed by atoms with van der Waals surface area (Å²) in [6, 6.07) is 10.7. The Morgan fingerprint density at radius 2 is 2.04 bits per heavy atom. The molecule has 3 heterocycles. The molecule has 0 spiro atoms. The summed E-state index contributed by atoms with van der Waals surface area (Å²) in [6.07, 6.45) is 3.26. The van der Waals surface area contributed by atoms with Crippen molar-refractivity contribution in [3.05, 3.63) is 59.7 Å². The van der Waals surface area contributed by atoms with Gasteiger partial charge in [-0.05, 0) is 12.5 Å². The zero-order valence-corrected chi connectivity index (χ0v) is 14.3. The highest BCUT2D eigenvalue weighted by atomic mass is 16.5. The van der Waals surface area contributed by atoms with Gasteiger partial charge in [-0.1, -0.05) is 30.3 Å². The molecule has 6 heteroatoms. The van der Waals surface area contributed by atoms with Gasteiger partial charge < -0.3 is 9.64 Å². The van der Waals surface area contributed by atoms with E-state index < -0.39 is 0 Å². The molecule has 0 aliphatic carbocycles. The number of morpholine rings is 1. The number of fused-ring (bicyclic) bond motifs is 1. The van der Waals surface area contributed by atoms with Crippen LogP contribution in [0, 0.1) is 6.92 Å². The predicted molar refractivity (Wildman–Crippen MR) is 93.1 cm³/mol. The Morgan fingerprint density at radius 3 is 2.80 bits per heavy atom. The number of benzene rings is 1. The van der Waals surface area contributed by atoms with Crippen LogP contribution in [0.15, 0.2) is 42.7 Å². The Morgan fingerprint density at radius 1 is 1.20 bits per heavy atom. The predicted octanol–water partition coefficient (Wildman–Crippen LogP) is 1.51. The second kappa shape index (κ2) is 6.90. The van der Waals surface area contributed by atoms with Crippen molar-refractivity contribution in [1.82, 2.24) is 19.8 Å². The van der Waals surface area contributed by atoms with E-state index in [1.165, 1.54) is 5.56 Å². The van der Waals surface area contributed by atoms with Crippen molar-refractivity contribution in [3.63, 3.8) is 0 Å². The Labute approximate surface area is 147 Å². The lowest BCUT2D eigenvalue weighted by Crippen LogP contribution is -2.50. The lowest BCUT2D eigenvalue weighted by Gasteiger charge is -2.36. The van der Waals surface area contributed by atoms with Gasteiger partial charge in [0.1, 0.15) is 5.69 Å². The molecular formula is C19H22N4O2. The van der Waals surface area contributed by atoms with E-state index in [1.54, 1.807) is 12.4 Å². The normalized spacial score (nSPS) is 23.5. The van der Waals surface area contributed by atoms with Crippen LogP contribution < -0.4 is 0 Å². The smallest absolute Gasteiger partial charge is 0.274 e. The molecule has 4 rings (SSSR count). The first-order chi connectivity index (χ1) is 12.2. The van der Waals surface area contributed by atoms with Crippen LogP contribution >= 0.6 is 0 Å². The standard InChI is InChI=1S/C19H22N4O2/c1-14-9-21-16(10-20-14)19(24)23-12-17-18(13-23)25-8-7-22(17)11-15-5-3-2-4-6-15/h2-6,9-10,17-18H,7-8,11-13H2,1H3/t17-,18-/m0/s1. The minimum Gasteiger partial charge on any atom is -0.373 e. The third-order valence-corrected chi connectivity index (χ3v) is 4.93. The number of nitrogens with zero attached hydrogens (tertiary/aromatic N) is 4. The molecule has 2 fully saturated rings. The topological polar surface area (TPSA) is 58.6 Å². The van der Waals surface area contributed by atoms with Gasteiger partial charge in [0.25, 0.3) is 5.91 Å². The summed E-state index contributed by atoms with van der Waals surface area (Å²) in [5, 5.41) is 0. The van der Waals surface area contributed by atoms with Crippen LogP contribution in [-0.4, -0.2) is 64.1 Å². The molecule has 0 N–H and O–H groups in total. The molecule has 1 aromatic carbocycles. The second-order valence-electron chi connectivity index (χ2n) is 6.69. The van der Waals surface area contributed by atoms with Crippen LogP contribution in [0.3, 0.4) is 0 Å². The molecule has 2 aliphatic heterocycles. The zero-order valence-electron chi connectivity index (χ0n) is 14.3.